The van der Waals surface area contributed by atoms with Crippen molar-refractivity contribution in [1.82, 2.24) is 5.32 Å². The van der Waals surface area contributed by atoms with Crippen molar-refractivity contribution < 1.29 is 22.5 Å². The summed E-state index contributed by atoms with van der Waals surface area (Å²) in [4.78, 5) is 11.5. The van der Waals surface area contributed by atoms with E-state index in [1.54, 1.807) is 0 Å². The molecule has 1 saturated carbocycles. The van der Waals surface area contributed by atoms with Gasteiger partial charge in [-0.05, 0) is 43.3 Å². The Labute approximate surface area is 127 Å². The fourth-order valence-electron chi connectivity index (χ4n) is 2.73. The zero-order valence-electron chi connectivity index (χ0n) is 17.1. The first kappa shape index (κ1) is 7.91. The van der Waals surface area contributed by atoms with Crippen LogP contribution < -0.4 is 14.8 Å². The summed E-state index contributed by atoms with van der Waals surface area (Å²) in [5.41, 5.74) is 0.222. The third kappa shape index (κ3) is 2.74. The molecule has 1 aromatic rings. The van der Waals surface area contributed by atoms with E-state index in [0.717, 1.165) is 25.7 Å². The number of hydrogen-bond donors (Lipinski definition) is 1. The van der Waals surface area contributed by atoms with Gasteiger partial charge in [0.2, 0.25) is 5.91 Å². The Hall–Kier alpha value is -1.71. The van der Waals surface area contributed by atoms with Crippen molar-refractivity contribution in [3.63, 3.8) is 0 Å². The molecule has 3 rings (SSSR count). The summed E-state index contributed by atoms with van der Waals surface area (Å²) in [5.74, 6) is -1.10. The smallest absolute Gasteiger partial charge is 0.220 e. The second-order valence-corrected chi connectivity index (χ2v) is 5.28. The number of benzene rings is 1. The minimum Gasteiger partial charge on any atom is -0.493 e. The summed E-state index contributed by atoms with van der Waals surface area (Å²) in [5, 5.41) is 2.66. The number of amides is 1. The number of carbonyl (C=O) groups is 1. The minimum absolute atomic E-state index is 0.108. The molecule has 1 heterocycles. The molecule has 4 heteroatoms. The van der Waals surface area contributed by atoms with Gasteiger partial charge in [-0.2, -0.15) is 0 Å². The fraction of sp³-hybridized carbons (Fsp3) is 0.562. The number of ether oxygens (including phenoxy) is 2. The van der Waals surface area contributed by atoms with Crippen molar-refractivity contribution in [1.29, 1.82) is 0 Å². The van der Waals surface area contributed by atoms with Gasteiger partial charge in [0.05, 0.1) is 21.4 Å². The van der Waals surface area contributed by atoms with Crippen LogP contribution in [0, 0.1) is 0 Å². The van der Waals surface area contributed by atoms with Crippen molar-refractivity contribution >= 4 is 5.91 Å². The summed E-state index contributed by atoms with van der Waals surface area (Å²) in [6, 6.07) is -0.896. The highest BCUT2D eigenvalue weighted by molar-refractivity contribution is 5.79. The van der Waals surface area contributed by atoms with Gasteiger partial charge in [0.25, 0.3) is 0 Å². The van der Waals surface area contributed by atoms with E-state index in [2.05, 4.69) is 5.32 Å². The first-order valence-electron chi connectivity index (χ1n) is 9.93. The second-order valence-electron chi connectivity index (χ2n) is 5.28. The summed E-state index contributed by atoms with van der Waals surface area (Å²) < 4.78 is 57.7. The standard InChI is InChI=1S/C16H21NO3/c1-19-14-7-6-11(12-9-16(18)17-10-12)8-15(14)20-13-4-2-3-5-13/h6-8,12-13H,2-5,9-10H2,1H3,(H,17,18)/i1D3,6D,7D,8D. The number of carbonyl (C=O) groups excluding carboxylic acids is 1. The normalized spacial score (nSPS) is 27.8. The van der Waals surface area contributed by atoms with E-state index in [-0.39, 0.29) is 48.4 Å². The molecule has 1 aromatic carbocycles. The first-order valence-corrected chi connectivity index (χ1v) is 6.93. The molecular formula is C16H21NO3. The Morgan fingerprint density at radius 1 is 1.35 bits per heavy atom. The SMILES string of the molecule is [2H]c1c([2H])c(C2CNC(=O)C2)c([2H])c(OC2CCCC2)c1OC([2H])([2H])[2H]. The molecule has 2 fully saturated rings. The molecule has 2 aliphatic rings. The van der Waals surface area contributed by atoms with Crippen molar-refractivity contribution in [2.45, 2.75) is 44.1 Å². The van der Waals surface area contributed by atoms with E-state index in [9.17, 15) is 4.79 Å². The van der Waals surface area contributed by atoms with Crippen molar-refractivity contribution in [2.75, 3.05) is 13.6 Å². The number of hydrogen-bond acceptors (Lipinski definition) is 3. The maximum Gasteiger partial charge on any atom is 0.220 e. The monoisotopic (exact) mass is 281 g/mol. The van der Waals surface area contributed by atoms with Crippen LogP contribution in [-0.2, 0) is 4.79 Å². The topological polar surface area (TPSA) is 47.6 Å². The molecule has 1 saturated heterocycles. The van der Waals surface area contributed by atoms with Crippen LogP contribution >= 0.6 is 0 Å². The molecule has 108 valence electrons. The first-order chi connectivity index (χ1) is 12.2. The van der Waals surface area contributed by atoms with Gasteiger partial charge in [0.15, 0.2) is 11.5 Å². The number of nitrogens with one attached hydrogen (secondary N) is 1. The Morgan fingerprint density at radius 2 is 2.20 bits per heavy atom. The van der Waals surface area contributed by atoms with Crippen LogP contribution in [-0.4, -0.2) is 25.6 Å². The van der Waals surface area contributed by atoms with Gasteiger partial charge < -0.3 is 14.8 Å². The lowest BCUT2D eigenvalue weighted by molar-refractivity contribution is -0.119. The predicted molar refractivity (Wildman–Crippen MR) is 76.2 cm³/mol. The van der Waals surface area contributed by atoms with Gasteiger partial charge in [-0.15, -0.1) is 0 Å². The summed E-state index contributed by atoms with van der Waals surface area (Å²) in [6.07, 6.45) is 3.46. The molecule has 20 heavy (non-hydrogen) atoms. The van der Waals surface area contributed by atoms with E-state index < -0.39 is 24.7 Å². The largest absolute Gasteiger partial charge is 0.493 e. The lowest BCUT2D eigenvalue weighted by Gasteiger charge is -2.18. The summed E-state index contributed by atoms with van der Waals surface area (Å²) in [6.45, 7) is 0.276. The Bertz CT molecular complexity index is 715. The molecule has 1 atom stereocenters. The Morgan fingerprint density at radius 3 is 2.90 bits per heavy atom. The van der Waals surface area contributed by atoms with Crippen molar-refractivity contribution in [2.24, 2.45) is 0 Å². The van der Waals surface area contributed by atoms with Crippen LogP contribution in [0.1, 0.15) is 51.8 Å². The van der Waals surface area contributed by atoms with Crippen LogP contribution in [0.4, 0.5) is 0 Å². The molecule has 0 spiro atoms. The molecule has 1 amide bonds. The molecule has 4 nitrogen and oxygen atoms in total. The lowest BCUT2D eigenvalue weighted by atomic mass is 9.98. The van der Waals surface area contributed by atoms with Crippen LogP contribution in [0.3, 0.4) is 0 Å². The third-order valence-electron chi connectivity index (χ3n) is 3.84. The van der Waals surface area contributed by atoms with Crippen LogP contribution in [0.25, 0.3) is 0 Å². The van der Waals surface area contributed by atoms with E-state index in [1.807, 2.05) is 0 Å². The minimum atomic E-state index is -2.82. The molecule has 1 aliphatic heterocycles. The zero-order chi connectivity index (χ0) is 19.1. The molecule has 1 aliphatic carbocycles. The number of methoxy groups -OCH3 is 1. The average Bonchev–Trinajstić information content (AvgIpc) is 3.19. The van der Waals surface area contributed by atoms with Crippen LogP contribution in [0.15, 0.2) is 18.1 Å². The maximum atomic E-state index is 11.5. The van der Waals surface area contributed by atoms with Gasteiger partial charge in [0, 0.05) is 18.9 Å². The van der Waals surface area contributed by atoms with Gasteiger partial charge in [-0.1, -0.05) is 6.04 Å². The highest BCUT2D eigenvalue weighted by atomic mass is 16.5. The van der Waals surface area contributed by atoms with E-state index in [0.29, 0.717) is 0 Å². The highest BCUT2D eigenvalue weighted by Crippen LogP contribution is 2.35. The molecular weight excluding hydrogens is 254 g/mol. The zero-order valence-corrected chi connectivity index (χ0v) is 11.1. The van der Waals surface area contributed by atoms with E-state index in [1.165, 1.54) is 0 Å². The third-order valence-corrected chi connectivity index (χ3v) is 3.84. The van der Waals surface area contributed by atoms with Gasteiger partial charge in [0.1, 0.15) is 0 Å². The quantitative estimate of drug-likeness (QED) is 0.923. The van der Waals surface area contributed by atoms with Gasteiger partial charge >= 0.3 is 0 Å². The molecule has 0 bridgehead atoms. The second kappa shape index (κ2) is 5.73. The van der Waals surface area contributed by atoms with Gasteiger partial charge in [-0.25, -0.2) is 0 Å². The van der Waals surface area contributed by atoms with Crippen LogP contribution in [0.5, 0.6) is 11.5 Å². The lowest BCUT2D eigenvalue weighted by Crippen LogP contribution is -2.14. The Kier molecular flexibility index (Phi) is 2.27. The molecule has 0 radical (unpaired) electrons. The fourth-order valence-corrected chi connectivity index (χ4v) is 2.73. The van der Waals surface area contributed by atoms with E-state index >= 15 is 0 Å². The molecule has 1 N–H and O–H groups in total. The van der Waals surface area contributed by atoms with Crippen molar-refractivity contribution in [3.05, 3.63) is 23.7 Å². The maximum absolute atomic E-state index is 11.5. The highest BCUT2D eigenvalue weighted by Gasteiger charge is 2.25. The van der Waals surface area contributed by atoms with Gasteiger partial charge in [-0.3, -0.25) is 4.79 Å². The predicted octanol–water partition coefficient (Wildman–Crippen LogP) is 2.62. The Balaban J connectivity index is 2.09. The number of rotatable bonds is 4. The van der Waals surface area contributed by atoms with Crippen molar-refractivity contribution in [3.8, 4) is 11.5 Å². The summed E-state index contributed by atoms with van der Waals surface area (Å²) >= 11 is 0. The molecule has 1 unspecified atom stereocenters. The molecule has 0 aromatic heterocycles. The average molecular weight is 281 g/mol. The summed E-state index contributed by atoms with van der Waals surface area (Å²) in [7, 11) is -2.82. The van der Waals surface area contributed by atoms with Crippen LogP contribution in [0.2, 0.25) is 0 Å². The van der Waals surface area contributed by atoms with E-state index in [4.69, 9.17) is 17.7 Å².